The minimum absolute atomic E-state index is 0.0547. The number of nitrogens with one attached hydrogen (secondary N) is 1. The van der Waals surface area contributed by atoms with Crippen LogP contribution in [0.3, 0.4) is 0 Å². The largest absolute Gasteiger partial charge is 0.396 e. The predicted octanol–water partition coefficient (Wildman–Crippen LogP) is 0.850. The van der Waals surface area contributed by atoms with Crippen LogP contribution in [0.4, 0.5) is 0 Å². The molecule has 0 spiro atoms. The minimum Gasteiger partial charge on any atom is -0.396 e. The molecule has 76 valence electrons. The molecular formula is C9H18N2OS. The van der Waals surface area contributed by atoms with Crippen molar-refractivity contribution in [2.75, 3.05) is 24.7 Å². The van der Waals surface area contributed by atoms with Crippen molar-refractivity contribution in [2.45, 2.75) is 19.9 Å². The average Bonchev–Trinajstić information content (AvgIpc) is 2.16. The zero-order valence-electron chi connectivity index (χ0n) is 8.29. The van der Waals surface area contributed by atoms with Crippen LogP contribution in [0, 0.1) is 17.2 Å². The fourth-order valence-corrected chi connectivity index (χ4v) is 1.90. The molecule has 13 heavy (non-hydrogen) atoms. The van der Waals surface area contributed by atoms with Crippen molar-refractivity contribution in [3.63, 3.8) is 0 Å². The van der Waals surface area contributed by atoms with Crippen LogP contribution in [0.5, 0.6) is 0 Å². The van der Waals surface area contributed by atoms with Gasteiger partial charge in [-0.25, -0.2) is 0 Å². The van der Waals surface area contributed by atoms with Crippen molar-refractivity contribution < 1.29 is 5.11 Å². The molecular weight excluding hydrogens is 184 g/mol. The molecule has 0 aliphatic rings. The van der Waals surface area contributed by atoms with Crippen LogP contribution in [-0.4, -0.2) is 35.8 Å². The summed E-state index contributed by atoms with van der Waals surface area (Å²) < 4.78 is 0. The number of thioether (sulfide) groups is 1. The van der Waals surface area contributed by atoms with E-state index in [1.165, 1.54) is 0 Å². The number of hydrogen-bond donors (Lipinski definition) is 2. The smallest absolute Gasteiger partial charge is 0.104 e. The summed E-state index contributed by atoms with van der Waals surface area (Å²) in [4.78, 5) is 0. The molecule has 3 nitrogen and oxygen atoms in total. The van der Waals surface area contributed by atoms with Crippen molar-refractivity contribution in [1.29, 1.82) is 5.26 Å². The molecule has 0 aliphatic carbocycles. The second kappa shape index (κ2) is 8.36. The van der Waals surface area contributed by atoms with Gasteiger partial charge in [0.05, 0.1) is 6.07 Å². The molecule has 0 saturated heterocycles. The lowest BCUT2D eigenvalue weighted by Crippen LogP contribution is -2.29. The van der Waals surface area contributed by atoms with E-state index in [-0.39, 0.29) is 12.6 Å². The molecule has 0 aromatic rings. The second-order valence-corrected chi connectivity index (χ2v) is 4.14. The van der Waals surface area contributed by atoms with Gasteiger partial charge in [0.1, 0.15) is 6.04 Å². The van der Waals surface area contributed by atoms with Crippen molar-refractivity contribution in [3.8, 4) is 6.07 Å². The molecule has 0 radical (unpaired) electrons. The van der Waals surface area contributed by atoms with E-state index in [1.807, 2.05) is 13.8 Å². The average molecular weight is 202 g/mol. The molecule has 0 saturated carbocycles. The van der Waals surface area contributed by atoms with E-state index < -0.39 is 0 Å². The maximum atomic E-state index is 8.77. The maximum absolute atomic E-state index is 8.77. The SMILES string of the molecule is CCNC(C#N)CSCC(C)CO. The van der Waals surface area contributed by atoms with Gasteiger partial charge >= 0.3 is 0 Å². The normalized spacial score (nSPS) is 14.9. The minimum atomic E-state index is -0.0547. The highest BCUT2D eigenvalue weighted by molar-refractivity contribution is 7.99. The van der Waals surface area contributed by atoms with Gasteiger partial charge in [-0.15, -0.1) is 0 Å². The van der Waals surface area contributed by atoms with Gasteiger partial charge in [0, 0.05) is 12.4 Å². The van der Waals surface area contributed by atoms with Crippen LogP contribution in [0.1, 0.15) is 13.8 Å². The third kappa shape index (κ3) is 6.88. The Bertz CT molecular complexity index is 158. The van der Waals surface area contributed by atoms with E-state index >= 15 is 0 Å². The fraction of sp³-hybridized carbons (Fsp3) is 0.889. The third-order valence-electron chi connectivity index (χ3n) is 1.60. The van der Waals surface area contributed by atoms with Crippen LogP contribution >= 0.6 is 11.8 Å². The Kier molecular flexibility index (Phi) is 8.21. The summed E-state index contributed by atoms with van der Waals surface area (Å²) in [6, 6.07) is 2.15. The maximum Gasteiger partial charge on any atom is 0.104 e. The number of hydrogen-bond acceptors (Lipinski definition) is 4. The number of rotatable bonds is 7. The highest BCUT2D eigenvalue weighted by Gasteiger charge is 2.06. The molecule has 0 aromatic carbocycles. The third-order valence-corrected chi connectivity index (χ3v) is 2.98. The highest BCUT2D eigenvalue weighted by atomic mass is 32.2. The Hall–Kier alpha value is -0.240. The van der Waals surface area contributed by atoms with Crippen LogP contribution < -0.4 is 5.32 Å². The van der Waals surface area contributed by atoms with E-state index in [2.05, 4.69) is 11.4 Å². The van der Waals surface area contributed by atoms with Gasteiger partial charge in [-0.05, 0) is 18.2 Å². The number of aliphatic hydroxyl groups excluding tert-OH is 1. The van der Waals surface area contributed by atoms with E-state index in [4.69, 9.17) is 10.4 Å². The van der Waals surface area contributed by atoms with E-state index in [0.717, 1.165) is 18.1 Å². The molecule has 2 atom stereocenters. The molecule has 0 bridgehead atoms. The topological polar surface area (TPSA) is 56.0 Å². The van der Waals surface area contributed by atoms with Crippen LogP contribution in [0.2, 0.25) is 0 Å². The van der Waals surface area contributed by atoms with E-state index in [9.17, 15) is 0 Å². The molecule has 4 heteroatoms. The second-order valence-electron chi connectivity index (χ2n) is 3.06. The molecule has 0 fully saturated rings. The summed E-state index contributed by atoms with van der Waals surface area (Å²) in [5.41, 5.74) is 0. The highest BCUT2D eigenvalue weighted by Crippen LogP contribution is 2.08. The first-order valence-corrected chi connectivity index (χ1v) is 5.71. The lowest BCUT2D eigenvalue weighted by molar-refractivity contribution is 0.250. The van der Waals surface area contributed by atoms with Crippen LogP contribution in [-0.2, 0) is 0 Å². The van der Waals surface area contributed by atoms with Gasteiger partial charge in [0.2, 0.25) is 0 Å². The first-order valence-electron chi connectivity index (χ1n) is 4.56. The Morgan fingerprint density at radius 3 is 2.69 bits per heavy atom. The Balaban J connectivity index is 3.44. The quantitative estimate of drug-likeness (QED) is 0.642. The summed E-state index contributed by atoms with van der Waals surface area (Å²) in [5.74, 6) is 2.04. The molecule has 2 unspecified atom stereocenters. The lowest BCUT2D eigenvalue weighted by atomic mass is 10.2. The number of nitriles is 1. The molecule has 0 rings (SSSR count). The van der Waals surface area contributed by atoms with Gasteiger partial charge in [-0.2, -0.15) is 17.0 Å². The van der Waals surface area contributed by atoms with Crippen molar-refractivity contribution in [3.05, 3.63) is 0 Å². The predicted molar refractivity (Wildman–Crippen MR) is 56.7 cm³/mol. The van der Waals surface area contributed by atoms with Gasteiger partial charge in [0.25, 0.3) is 0 Å². The van der Waals surface area contributed by atoms with Crippen LogP contribution in [0.25, 0.3) is 0 Å². The molecule has 0 aromatic heterocycles. The standard InChI is InChI=1S/C9H18N2OS/c1-3-11-9(4-10)7-13-6-8(2)5-12/h8-9,11-12H,3,5-7H2,1-2H3. The summed E-state index contributed by atoms with van der Waals surface area (Å²) in [7, 11) is 0. The van der Waals surface area contributed by atoms with Gasteiger partial charge < -0.3 is 10.4 Å². The Morgan fingerprint density at radius 1 is 1.54 bits per heavy atom. The van der Waals surface area contributed by atoms with Gasteiger partial charge in [0.15, 0.2) is 0 Å². The van der Waals surface area contributed by atoms with E-state index in [0.29, 0.717) is 5.92 Å². The summed E-state index contributed by atoms with van der Waals surface area (Å²) >= 11 is 1.71. The number of aliphatic hydroxyl groups is 1. The molecule has 0 heterocycles. The zero-order chi connectivity index (χ0) is 10.1. The zero-order valence-corrected chi connectivity index (χ0v) is 9.10. The van der Waals surface area contributed by atoms with Crippen molar-refractivity contribution in [1.82, 2.24) is 5.32 Å². The first-order chi connectivity index (χ1) is 6.24. The Labute approximate surface area is 84.5 Å². The molecule has 0 aliphatic heterocycles. The summed E-state index contributed by atoms with van der Waals surface area (Å²) in [6.07, 6.45) is 0. The number of nitrogens with zero attached hydrogens (tertiary/aromatic N) is 1. The van der Waals surface area contributed by atoms with Gasteiger partial charge in [-0.3, -0.25) is 0 Å². The fourth-order valence-electron chi connectivity index (χ4n) is 0.828. The van der Waals surface area contributed by atoms with Crippen molar-refractivity contribution >= 4 is 11.8 Å². The Morgan fingerprint density at radius 2 is 2.23 bits per heavy atom. The monoisotopic (exact) mass is 202 g/mol. The van der Waals surface area contributed by atoms with Crippen LogP contribution in [0.15, 0.2) is 0 Å². The lowest BCUT2D eigenvalue weighted by Gasteiger charge is -2.11. The van der Waals surface area contributed by atoms with Gasteiger partial charge in [-0.1, -0.05) is 13.8 Å². The summed E-state index contributed by atoms with van der Waals surface area (Å²) in [5, 5.41) is 20.6. The van der Waals surface area contributed by atoms with E-state index in [1.54, 1.807) is 11.8 Å². The summed E-state index contributed by atoms with van der Waals surface area (Å²) in [6.45, 7) is 5.05. The first kappa shape index (κ1) is 12.8. The molecule has 0 amide bonds. The van der Waals surface area contributed by atoms with Crippen molar-refractivity contribution in [2.24, 2.45) is 5.92 Å². The molecule has 2 N–H and O–H groups in total.